The van der Waals surface area contributed by atoms with Crippen LogP contribution in [0.4, 0.5) is 0 Å². The summed E-state index contributed by atoms with van der Waals surface area (Å²) in [5, 5.41) is 5.34. The Bertz CT molecular complexity index is 3100. The monoisotopic (exact) mass is 655 g/mol. The van der Waals surface area contributed by atoms with Gasteiger partial charge < -0.3 is 8.83 Å². The maximum absolute atomic E-state index is 6.36. The Kier molecular flexibility index (Phi) is 5.83. The van der Waals surface area contributed by atoms with Crippen LogP contribution in [0.15, 0.2) is 161 Å². The van der Waals surface area contributed by atoms with Crippen LogP contribution >= 0.6 is 0 Å². The van der Waals surface area contributed by atoms with Crippen molar-refractivity contribution in [1.29, 1.82) is 0 Å². The Labute approximate surface area is 290 Å². The van der Waals surface area contributed by atoms with E-state index < -0.39 is 0 Å². The third-order valence-corrected chi connectivity index (χ3v) is 9.76. The Hall–Kier alpha value is -7.12. The molecule has 238 valence electrons. The summed E-state index contributed by atoms with van der Waals surface area (Å²) in [4.78, 5) is 20.2. The van der Waals surface area contributed by atoms with Gasteiger partial charge in [-0.15, -0.1) is 0 Å². The van der Waals surface area contributed by atoms with Crippen molar-refractivity contribution in [2.75, 3.05) is 0 Å². The van der Waals surface area contributed by atoms with E-state index in [4.69, 9.17) is 23.8 Å². The van der Waals surface area contributed by atoms with E-state index in [-0.39, 0.29) is 0 Å². The molecule has 0 amide bonds. The van der Waals surface area contributed by atoms with Crippen LogP contribution in [-0.2, 0) is 0 Å². The van der Waals surface area contributed by atoms with Gasteiger partial charge in [-0.05, 0) is 42.0 Å². The molecule has 6 aromatic carbocycles. The minimum Gasteiger partial charge on any atom is -0.455 e. The SMILES string of the molecule is c1ccc2c(c1)oc1c(-c3ccc(-c4nc(-c5cccc6oc7cccnc7c56)nc(-n5c6ccccc6c6ccccc65)n4)cc3)cccc12. The van der Waals surface area contributed by atoms with E-state index in [0.717, 1.165) is 82.5 Å². The minimum atomic E-state index is 0.529. The van der Waals surface area contributed by atoms with E-state index in [2.05, 4.69) is 94.5 Å². The average Bonchev–Trinajstić information content (AvgIpc) is 3.87. The first kappa shape index (κ1) is 27.8. The van der Waals surface area contributed by atoms with Crippen molar-refractivity contribution in [2.45, 2.75) is 0 Å². The first-order valence-electron chi connectivity index (χ1n) is 16.8. The van der Waals surface area contributed by atoms with Crippen molar-refractivity contribution in [2.24, 2.45) is 0 Å². The summed E-state index contributed by atoms with van der Waals surface area (Å²) in [6, 6.07) is 49.3. The van der Waals surface area contributed by atoms with Gasteiger partial charge in [-0.3, -0.25) is 9.55 Å². The summed E-state index contributed by atoms with van der Waals surface area (Å²) >= 11 is 0. The molecule has 5 aromatic heterocycles. The maximum atomic E-state index is 6.36. The van der Waals surface area contributed by atoms with E-state index in [0.29, 0.717) is 23.2 Å². The number of benzene rings is 6. The smallest absolute Gasteiger partial charge is 0.238 e. The van der Waals surface area contributed by atoms with Gasteiger partial charge in [0.1, 0.15) is 22.3 Å². The quantitative estimate of drug-likeness (QED) is 0.188. The molecule has 5 heterocycles. The van der Waals surface area contributed by atoms with Gasteiger partial charge in [0.25, 0.3) is 0 Å². The van der Waals surface area contributed by atoms with Gasteiger partial charge in [-0.2, -0.15) is 9.97 Å². The number of furan rings is 2. The van der Waals surface area contributed by atoms with Crippen molar-refractivity contribution in [3.8, 4) is 39.9 Å². The molecule has 0 aliphatic carbocycles. The standard InChI is InChI=1S/C44H25N5O2/c1-4-16-34-29(10-1)30-11-2-5-17-35(30)49(34)44-47-42(46-43(48-44)33-15-8-19-37-39(33)40-38(50-37)20-9-25-45-40)27-23-21-26(22-24-27)28-13-7-14-32-31-12-3-6-18-36(31)51-41(28)32/h1-25H. The van der Waals surface area contributed by atoms with E-state index in [1.807, 2.05) is 60.7 Å². The third kappa shape index (κ3) is 4.18. The normalized spacial score (nSPS) is 11.9. The second-order valence-corrected chi connectivity index (χ2v) is 12.6. The van der Waals surface area contributed by atoms with Crippen LogP contribution in [0.1, 0.15) is 0 Å². The Morgan fingerprint density at radius 2 is 1.06 bits per heavy atom. The van der Waals surface area contributed by atoms with Gasteiger partial charge in [-0.1, -0.05) is 109 Å². The molecule has 0 radical (unpaired) electrons. The Morgan fingerprint density at radius 1 is 0.431 bits per heavy atom. The molecule has 0 bridgehead atoms. The number of nitrogens with zero attached hydrogens (tertiary/aromatic N) is 5. The zero-order valence-electron chi connectivity index (χ0n) is 27.0. The lowest BCUT2D eigenvalue weighted by Crippen LogP contribution is -2.06. The van der Waals surface area contributed by atoms with Crippen LogP contribution in [-0.4, -0.2) is 24.5 Å². The number of pyridine rings is 1. The molecule has 11 rings (SSSR count). The highest BCUT2D eigenvalue weighted by molar-refractivity contribution is 6.11. The van der Waals surface area contributed by atoms with Crippen LogP contribution in [0.3, 0.4) is 0 Å². The number of hydrogen-bond acceptors (Lipinski definition) is 6. The molecule has 51 heavy (non-hydrogen) atoms. The summed E-state index contributed by atoms with van der Waals surface area (Å²) in [6.45, 7) is 0. The Morgan fingerprint density at radius 3 is 1.88 bits per heavy atom. The molecule has 0 fully saturated rings. The number of fused-ring (bicyclic) bond motifs is 9. The summed E-state index contributed by atoms with van der Waals surface area (Å²) in [6.07, 6.45) is 1.78. The lowest BCUT2D eigenvalue weighted by atomic mass is 10.0. The van der Waals surface area contributed by atoms with E-state index in [9.17, 15) is 0 Å². The molecule has 0 saturated heterocycles. The van der Waals surface area contributed by atoms with Gasteiger partial charge in [0, 0.05) is 44.4 Å². The fraction of sp³-hybridized carbons (Fsp3) is 0. The van der Waals surface area contributed by atoms with Crippen LogP contribution in [0, 0.1) is 0 Å². The predicted octanol–water partition coefficient (Wildman–Crippen LogP) is 11.2. The third-order valence-electron chi connectivity index (χ3n) is 9.76. The minimum absolute atomic E-state index is 0.529. The number of para-hydroxylation sites is 4. The number of rotatable bonds is 4. The average molecular weight is 656 g/mol. The van der Waals surface area contributed by atoms with Crippen LogP contribution in [0.25, 0.3) is 106 Å². The first-order chi connectivity index (χ1) is 25.3. The maximum Gasteiger partial charge on any atom is 0.238 e. The molecular formula is C44H25N5O2. The fourth-order valence-corrected chi connectivity index (χ4v) is 7.45. The summed E-state index contributed by atoms with van der Waals surface area (Å²) < 4.78 is 14.7. The van der Waals surface area contributed by atoms with Gasteiger partial charge in [0.2, 0.25) is 5.95 Å². The van der Waals surface area contributed by atoms with Gasteiger partial charge in [0.05, 0.1) is 16.4 Å². The molecule has 0 unspecified atom stereocenters. The lowest BCUT2D eigenvalue weighted by molar-refractivity contribution is 0.668. The molecule has 0 aliphatic heterocycles. The summed E-state index contributed by atoms with van der Waals surface area (Å²) in [7, 11) is 0. The topological polar surface area (TPSA) is 82.8 Å². The van der Waals surface area contributed by atoms with Crippen molar-refractivity contribution in [3.63, 3.8) is 0 Å². The van der Waals surface area contributed by atoms with Crippen molar-refractivity contribution >= 4 is 65.8 Å². The predicted molar refractivity (Wildman–Crippen MR) is 203 cm³/mol. The molecule has 7 heteroatoms. The Balaban J connectivity index is 1.14. The molecule has 0 saturated carbocycles. The van der Waals surface area contributed by atoms with Gasteiger partial charge in [0.15, 0.2) is 17.2 Å². The largest absolute Gasteiger partial charge is 0.455 e. The first-order valence-corrected chi connectivity index (χ1v) is 16.8. The number of aromatic nitrogens is 5. The van der Waals surface area contributed by atoms with E-state index in [1.54, 1.807) is 6.20 Å². The second kappa shape index (κ2) is 10.7. The molecule has 0 N–H and O–H groups in total. The highest BCUT2D eigenvalue weighted by atomic mass is 16.3. The number of hydrogen-bond donors (Lipinski definition) is 0. The highest BCUT2D eigenvalue weighted by Crippen LogP contribution is 2.38. The molecule has 0 spiro atoms. The zero-order valence-corrected chi connectivity index (χ0v) is 27.0. The second-order valence-electron chi connectivity index (χ2n) is 12.6. The van der Waals surface area contributed by atoms with Crippen molar-refractivity contribution < 1.29 is 8.83 Å². The highest BCUT2D eigenvalue weighted by Gasteiger charge is 2.21. The molecule has 7 nitrogen and oxygen atoms in total. The van der Waals surface area contributed by atoms with Crippen LogP contribution < -0.4 is 0 Å². The van der Waals surface area contributed by atoms with Crippen molar-refractivity contribution in [1.82, 2.24) is 24.5 Å². The molecular weight excluding hydrogens is 631 g/mol. The van der Waals surface area contributed by atoms with Crippen molar-refractivity contribution in [3.05, 3.63) is 152 Å². The summed E-state index contributed by atoms with van der Waals surface area (Å²) in [5.74, 6) is 1.62. The van der Waals surface area contributed by atoms with E-state index >= 15 is 0 Å². The zero-order chi connectivity index (χ0) is 33.5. The summed E-state index contributed by atoms with van der Waals surface area (Å²) in [5.41, 5.74) is 9.76. The molecule has 0 atom stereocenters. The molecule has 11 aromatic rings. The lowest BCUT2D eigenvalue weighted by Gasteiger charge is -2.12. The van der Waals surface area contributed by atoms with Gasteiger partial charge in [-0.25, -0.2) is 4.98 Å². The van der Waals surface area contributed by atoms with Crippen LogP contribution in [0.5, 0.6) is 0 Å². The van der Waals surface area contributed by atoms with Gasteiger partial charge >= 0.3 is 0 Å². The fourth-order valence-electron chi connectivity index (χ4n) is 7.45. The van der Waals surface area contributed by atoms with E-state index in [1.165, 1.54) is 0 Å². The molecule has 0 aliphatic rings. The van der Waals surface area contributed by atoms with Crippen LogP contribution in [0.2, 0.25) is 0 Å².